The quantitative estimate of drug-likeness (QED) is 0.334. The van der Waals surface area contributed by atoms with Crippen molar-refractivity contribution in [2.75, 3.05) is 43.6 Å². The van der Waals surface area contributed by atoms with Gasteiger partial charge in [0.2, 0.25) is 0 Å². The molecule has 11 heteroatoms. The highest BCUT2D eigenvalue weighted by atomic mass is 32.2. The van der Waals surface area contributed by atoms with Crippen molar-refractivity contribution in [3.05, 3.63) is 24.3 Å². The summed E-state index contributed by atoms with van der Waals surface area (Å²) in [5, 5.41) is 2.09. The summed E-state index contributed by atoms with van der Waals surface area (Å²) in [5.41, 5.74) is 5.02. The van der Waals surface area contributed by atoms with E-state index in [0.29, 0.717) is 25.5 Å². The molecule has 1 heterocycles. The van der Waals surface area contributed by atoms with Gasteiger partial charge < -0.3 is 24.4 Å². The third-order valence-electron chi connectivity index (χ3n) is 4.64. The number of nitrogens with zero attached hydrogens (tertiary/aromatic N) is 1. The van der Waals surface area contributed by atoms with E-state index in [4.69, 9.17) is 14.2 Å². The summed E-state index contributed by atoms with van der Waals surface area (Å²) in [4.78, 5) is 39.0. The number of hydrazine groups is 1. The lowest BCUT2D eigenvalue weighted by atomic mass is 10.2. The van der Waals surface area contributed by atoms with Gasteiger partial charge in [-0.1, -0.05) is 37.2 Å². The van der Waals surface area contributed by atoms with E-state index in [1.807, 2.05) is 31.2 Å². The Kier molecular flexibility index (Phi) is 11.3. The number of hydrogen-bond acceptors (Lipinski definition) is 8. The van der Waals surface area contributed by atoms with Gasteiger partial charge in [0.15, 0.2) is 0 Å². The number of ether oxygens (including phenoxy) is 3. The highest BCUT2D eigenvalue weighted by Crippen LogP contribution is 2.30. The molecule has 0 aromatic heterocycles. The molecule has 1 atom stereocenters. The molecule has 0 bridgehead atoms. The Balaban J connectivity index is 1.78. The van der Waals surface area contributed by atoms with Crippen molar-refractivity contribution in [3.8, 4) is 5.75 Å². The van der Waals surface area contributed by atoms with Crippen LogP contribution < -0.4 is 25.8 Å². The van der Waals surface area contributed by atoms with Crippen molar-refractivity contribution in [3.63, 3.8) is 0 Å². The van der Waals surface area contributed by atoms with E-state index < -0.39 is 28.9 Å². The fourth-order valence-electron chi connectivity index (χ4n) is 3.02. The predicted octanol–water partition coefficient (Wildman–Crippen LogP) is 3.07. The number of rotatable bonds is 10. The number of carbonyl (C=O) groups is 3. The van der Waals surface area contributed by atoms with E-state index in [0.717, 1.165) is 42.6 Å². The van der Waals surface area contributed by atoms with E-state index >= 15 is 0 Å². The van der Waals surface area contributed by atoms with E-state index in [9.17, 15) is 14.4 Å². The Hall–Kier alpha value is -2.66. The van der Waals surface area contributed by atoms with Crippen molar-refractivity contribution in [2.24, 2.45) is 0 Å². The van der Waals surface area contributed by atoms with Crippen LogP contribution in [0.1, 0.15) is 40.5 Å². The molecule has 1 aromatic rings. The molecule has 2 rings (SSSR count). The number of thioether (sulfide) groups is 1. The number of anilines is 1. The van der Waals surface area contributed by atoms with Crippen LogP contribution in [0.25, 0.3) is 0 Å². The highest BCUT2D eigenvalue weighted by molar-refractivity contribution is 8.13. The van der Waals surface area contributed by atoms with Crippen LogP contribution >= 0.6 is 11.8 Å². The lowest BCUT2D eigenvalue weighted by Crippen LogP contribution is -2.54. The van der Waals surface area contributed by atoms with Gasteiger partial charge in [-0.05, 0) is 39.3 Å². The van der Waals surface area contributed by atoms with Crippen LogP contribution in [-0.4, -0.2) is 67.5 Å². The summed E-state index contributed by atoms with van der Waals surface area (Å²) >= 11 is 1.05. The maximum Gasteiger partial charge on any atom is 0.408 e. The Morgan fingerprint density at radius 3 is 2.71 bits per heavy atom. The van der Waals surface area contributed by atoms with Crippen molar-refractivity contribution in [2.45, 2.75) is 52.2 Å². The fourth-order valence-corrected chi connectivity index (χ4v) is 3.64. The smallest absolute Gasteiger partial charge is 0.408 e. The lowest BCUT2D eigenvalue weighted by Gasteiger charge is -2.30. The molecular formula is C23H36N4O6S. The zero-order chi connectivity index (χ0) is 25.0. The summed E-state index contributed by atoms with van der Waals surface area (Å²) in [7, 11) is 0. The second kappa shape index (κ2) is 13.9. The molecule has 190 valence electrons. The summed E-state index contributed by atoms with van der Waals surface area (Å²) in [6.07, 6.45) is 1.04. The minimum Gasteiger partial charge on any atom is -0.490 e. The van der Waals surface area contributed by atoms with Crippen molar-refractivity contribution >= 4 is 34.7 Å². The first kappa shape index (κ1) is 27.6. The molecule has 0 fully saturated rings. The van der Waals surface area contributed by atoms with E-state index in [1.54, 1.807) is 20.8 Å². The van der Waals surface area contributed by atoms with Crippen LogP contribution in [0.15, 0.2) is 24.3 Å². The summed E-state index contributed by atoms with van der Waals surface area (Å²) < 4.78 is 16.3. The molecule has 10 nitrogen and oxygen atoms in total. The van der Waals surface area contributed by atoms with Crippen molar-refractivity contribution in [1.82, 2.24) is 16.2 Å². The van der Waals surface area contributed by atoms with E-state index in [1.165, 1.54) is 0 Å². The van der Waals surface area contributed by atoms with Crippen LogP contribution in [0.2, 0.25) is 0 Å². The molecular weight excluding hydrogens is 460 g/mol. The summed E-state index contributed by atoms with van der Waals surface area (Å²) in [6.45, 7) is 9.62. The first-order valence-electron chi connectivity index (χ1n) is 11.5. The predicted molar refractivity (Wildman–Crippen MR) is 132 cm³/mol. The number of alkyl carbamates (subject to hydrolysis) is 1. The molecule has 3 N–H and O–H groups in total. The maximum atomic E-state index is 12.6. The van der Waals surface area contributed by atoms with Gasteiger partial charge >= 0.3 is 6.09 Å². The molecule has 0 saturated heterocycles. The van der Waals surface area contributed by atoms with E-state index in [2.05, 4.69) is 21.1 Å². The van der Waals surface area contributed by atoms with Gasteiger partial charge in [0.25, 0.3) is 11.1 Å². The van der Waals surface area contributed by atoms with Gasteiger partial charge in [0.05, 0.1) is 18.8 Å². The Bertz CT molecular complexity index is 817. The Morgan fingerprint density at radius 1 is 1.21 bits per heavy atom. The van der Waals surface area contributed by atoms with Crippen LogP contribution in [0.4, 0.5) is 15.3 Å². The molecule has 0 spiro atoms. The number of amides is 3. The molecule has 0 radical (unpaired) electrons. The van der Waals surface area contributed by atoms with E-state index in [-0.39, 0.29) is 6.61 Å². The number of para-hydroxylation sites is 2. The topological polar surface area (TPSA) is 118 Å². The largest absolute Gasteiger partial charge is 0.490 e. The monoisotopic (exact) mass is 496 g/mol. The third kappa shape index (κ3) is 10.1. The average molecular weight is 497 g/mol. The summed E-state index contributed by atoms with van der Waals surface area (Å²) in [6, 6.07) is 6.77. The third-order valence-corrected chi connectivity index (χ3v) is 5.39. The van der Waals surface area contributed by atoms with Gasteiger partial charge in [-0.15, -0.1) is 0 Å². The average Bonchev–Trinajstić information content (AvgIpc) is 2.78. The van der Waals surface area contributed by atoms with Crippen molar-refractivity contribution in [1.29, 1.82) is 0 Å². The van der Waals surface area contributed by atoms with Gasteiger partial charge in [-0.2, -0.15) is 0 Å². The standard InChI is InChI=1S/C23H36N4O6S/c1-5-6-13-31-16-17(24-21(29)33-23(2,3)4)20(28)25-26-22(30)34-15-12-27-11-14-32-19-10-8-7-9-18(19)27/h7-10,17H,5-6,11-16H2,1-4H3,(H,24,29)(H,25,28)(H,26,30)/t17-/m0/s1. The number of hydrogen-bond donors (Lipinski definition) is 3. The molecule has 1 aliphatic heterocycles. The molecule has 0 aliphatic carbocycles. The number of fused-ring (bicyclic) bond motifs is 1. The van der Waals surface area contributed by atoms with Gasteiger partial charge in [0.1, 0.15) is 24.0 Å². The second-order valence-electron chi connectivity index (χ2n) is 8.68. The van der Waals surface area contributed by atoms with Crippen LogP contribution in [0.3, 0.4) is 0 Å². The molecule has 1 aromatic carbocycles. The number of benzene rings is 1. The number of carbonyl (C=O) groups excluding carboxylic acids is 3. The normalized spacial score (nSPS) is 13.8. The van der Waals surface area contributed by atoms with Gasteiger partial charge in [0, 0.05) is 18.9 Å². The zero-order valence-corrected chi connectivity index (χ0v) is 21.2. The SMILES string of the molecule is CCCCOC[C@H](NC(=O)OC(C)(C)C)C(=O)NNC(=O)SCCN1CCOc2ccccc21. The number of nitrogens with one attached hydrogen (secondary N) is 3. The van der Waals surface area contributed by atoms with Crippen LogP contribution in [0, 0.1) is 0 Å². The van der Waals surface area contributed by atoms with Gasteiger partial charge in [-0.25, -0.2) is 4.79 Å². The maximum absolute atomic E-state index is 12.6. The molecule has 0 saturated carbocycles. The Morgan fingerprint density at radius 2 is 1.97 bits per heavy atom. The molecule has 34 heavy (non-hydrogen) atoms. The van der Waals surface area contributed by atoms with Gasteiger partial charge in [-0.3, -0.25) is 20.4 Å². The van der Waals surface area contributed by atoms with Crippen LogP contribution in [-0.2, 0) is 14.3 Å². The zero-order valence-electron chi connectivity index (χ0n) is 20.3. The minimum absolute atomic E-state index is 0.0372. The molecule has 3 amide bonds. The lowest BCUT2D eigenvalue weighted by molar-refractivity contribution is -0.125. The summed E-state index contributed by atoms with van der Waals surface area (Å²) in [5.74, 6) is 0.758. The molecule has 1 aliphatic rings. The first-order valence-corrected chi connectivity index (χ1v) is 12.4. The second-order valence-corrected chi connectivity index (χ2v) is 9.75. The van der Waals surface area contributed by atoms with Crippen LogP contribution in [0.5, 0.6) is 5.75 Å². The first-order chi connectivity index (χ1) is 16.2. The minimum atomic E-state index is -1.01. The molecule has 0 unspecified atom stereocenters. The van der Waals surface area contributed by atoms with Crippen molar-refractivity contribution < 1.29 is 28.6 Å². The Labute approximate surface area is 205 Å². The fraction of sp³-hybridized carbons (Fsp3) is 0.609. The highest BCUT2D eigenvalue weighted by Gasteiger charge is 2.25. The number of unbranched alkanes of at least 4 members (excludes halogenated alkanes) is 1.